The Hall–Kier alpha value is -3.51. The van der Waals surface area contributed by atoms with Gasteiger partial charge in [0.2, 0.25) is 0 Å². The maximum atomic E-state index is 6.42. The van der Waals surface area contributed by atoms with Gasteiger partial charge >= 0.3 is 0 Å². The number of hydrogen-bond acceptors (Lipinski definition) is 5. The highest BCUT2D eigenvalue weighted by Crippen LogP contribution is 2.43. The zero-order valence-corrected chi connectivity index (χ0v) is 21.1. The third-order valence-electron chi connectivity index (χ3n) is 7.97. The summed E-state index contributed by atoms with van der Waals surface area (Å²) in [5.74, 6) is 2.81. The van der Waals surface area contributed by atoms with Crippen molar-refractivity contribution in [2.24, 2.45) is 10.9 Å². The van der Waals surface area contributed by atoms with Gasteiger partial charge in [0.1, 0.15) is 22.9 Å². The van der Waals surface area contributed by atoms with E-state index in [2.05, 4.69) is 82.7 Å². The van der Waals surface area contributed by atoms with E-state index in [0.29, 0.717) is 11.7 Å². The Kier molecular flexibility index (Phi) is 6.05. The second-order valence-electron chi connectivity index (χ2n) is 10.1. The molecule has 6 rings (SSSR count). The molecule has 0 saturated heterocycles. The van der Waals surface area contributed by atoms with E-state index >= 15 is 0 Å². The highest BCUT2D eigenvalue weighted by Gasteiger charge is 2.35. The van der Waals surface area contributed by atoms with E-state index in [1.54, 1.807) is 6.20 Å². The molecule has 6 nitrogen and oxygen atoms in total. The lowest BCUT2D eigenvalue weighted by atomic mass is 9.74. The molecular weight excluding hydrogens is 444 g/mol. The molecule has 0 amide bonds. The van der Waals surface area contributed by atoms with Crippen molar-refractivity contribution < 1.29 is 0 Å². The molecule has 2 N–H and O–H groups in total. The Balaban J connectivity index is 1.36. The molecule has 1 aliphatic carbocycles. The van der Waals surface area contributed by atoms with Gasteiger partial charge in [-0.1, -0.05) is 62.4 Å². The number of benzene rings is 2. The summed E-state index contributed by atoms with van der Waals surface area (Å²) in [7, 11) is 0. The summed E-state index contributed by atoms with van der Waals surface area (Å²) < 4.78 is 2.17. The third-order valence-corrected chi connectivity index (χ3v) is 7.97. The van der Waals surface area contributed by atoms with Gasteiger partial charge < -0.3 is 10.6 Å². The predicted molar refractivity (Wildman–Crippen MR) is 145 cm³/mol. The summed E-state index contributed by atoms with van der Waals surface area (Å²) in [4.78, 5) is 17.2. The molecule has 3 heterocycles. The Morgan fingerprint density at radius 1 is 1.06 bits per heavy atom. The van der Waals surface area contributed by atoms with Crippen LogP contribution in [-0.2, 0) is 0 Å². The van der Waals surface area contributed by atoms with Gasteiger partial charge in [-0.05, 0) is 55.1 Å². The van der Waals surface area contributed by atoms with Crippen molar-refractivity contribution in [1.29, 1.82) is 0 Å². The van der Waals surface area contributed by atoms with Gasteiger partial charge in [-0.15, -0.1) is 0 Å². The van der Waals surface area contributed by atoms with E-state index in [1.165, 1.54) is 30.2 Å². The van der Waals surface area contributed by atoms with Crippen LogP contribution in [0.4, 0.5) is 5.82 Å². The average Bonchev–Trinajstić information content (AvgIpc) is 3.28. The van der Waals surface area contributed by atoms with Crippen LogP contribution in [0, 0.1) is 5.92 Å². The largest absolute Gasteiger partial charge is 0.382 e. The highest BCUT2D eigenvalue weighted by molar-refractivity contribution is 5.85. The average molecular weight is 479 g/mol. The van der Waals surface area contributed by atoms with Crippen molar-refractivity contribution in [2.45, 2.75) is 45.1 Å². The van der Waals surface area contributed by atoms with E-state index in [-0.39, 0.29) is 6.04 Å². The van der Waals surface area contributed by atoms with Crippen molar-refractivity contribution in [3.63, 3.8) is 0 Å². The van der Waals surface area contributed by atoms with Crippen molar-refractivity contribution in [3.05, 3.63) is 82.9 Å². The van der Waals surface area contributed by atoms with Crippen LogP contribution in [0.15, 0.2) is 65.9 Å². The van der Waals surface area contributed by atoms with E-state index in [9.17, 15) is 0 Å². The van der Waals surface area contributed by atoms with Gasteiger partial charge in [0, 0.05) is 30.4 Å². The molecule has 0 radical (unpaired) electrons. The zero-order chi connectivity index (χ0) is 24.6. The van der Waals surface area contributed by atoms with E-state index in [4.69, 9.17) is 15.7 Å². The molecule has 36 heavy (non-hydrogen) atoms. The number of imidazole rings is 1. The molecule has 2 aromatic carbocycles. The zero-order valence-electron chi connectivity index (χ0n) is 21.1. The molecular formula is C30H34N6. The molecule has 1 saturated carbocycles. The molecule has 2 aromatic heterocycles. The summed E-state index contributed by atoms with van der Waals surface area (Å²) in [6.45, 7) is 7.89. The van der Waals surface area contributed by atoms with Crippen molar-refractivity contribution in [3.8, 4) is 11.3 Å². The van der Waals surface area contributed by atoms with Crippen molar-refractivity contribution in [2.75, 3.05) is 25.4 Å². The van der Waals surface area contributed by atoms with Crippen molar-refractivity contribution >= 4 is 17.4 Å². The Morgan fingerprint density at radius 3 is 2.64 bits per heavy atom. The SMILES string of the molecule is CCN(CC)C[C@H]1C[C@@H](c2nc(-c3ccc4c(c3)=NC(c3ccccc3)CC=4)c3c(N)nccn32)C1. The molecule has 1 unspecified atom stereocenters. The first-order valence-corrected chi connectivity index (χ1v) is 13.2. The molecule has 0 spiro atoms. The third kappa shape index (κ3) is 4.09. The summed E-state index contributed by atoms with van der Waals surface area (Å²) in [5.41, 5.74) is 10.5. The van der Waals surface area contributed by atoms with Gasteiger partial charge in [-0.3, -0.25) is 9.39 Å². The van der Waals surface area contributed by atoms with Crippen LogP contribution >= 0.6 is 0 Å². The van der Waals surface area contributed by atoms with E-state index in [0.717, 1.165) is 53.4 Å². The molecule has 6 heteroatoms. The summed E-state index contributed by atoms with van der Waals surface area (Å²) in [5, 5.41) is 2.19. The molecule has 1 aliphatic heterocycles. The number of anilines is 1. The van der Waals surface area contributed by atoms with Crippen LogP contribution in [0.3, 0.4) is 0 Å². The number of nitrogen functional groups attached to an aromatic ring is 1. The number of hydrogen-bond donors (Lipinski definition) is 1. The Morgan fingerprint density at radius 2 is 1.86 bits per heavy atom. The van der Waals surface area contributed by atoms with Crippen LogP contribution < -0.4 is 16.3 Å². The first kappa shape index (κ1) is 22.9. The molecule has 1 fully saturated rings. The fourth-order valence-electron chi connectivity index (χ4n) is 5.84. The second kappa shape index (κ2) is 9.51. The molecule has 4 aromatic rings. The lowest BCUT2D eigenvalue weighted by Gasteiger charge is -2.37. The molecule has 1 atom stereocenters. The lowest BCUT2D eigenvalue weighted by molar-refractivity contribution is 0.164. The molecule has 184 valence electrons. The first-order valence-electron chi connectivity index (χ1n) is 13.2. The van der Waals surface area contributed by atoms with Crippen LogP contribution in [-0.4, -0.2) is 38.9 Å². The second-order valence-corrected chi connectivity index (χ2v) is 10.1. The fraction of sp³-hybridized carbons (Fsp3) is 0.367. The highest BCUT2D eigenvalue weighted by atomic mass is 15.1. The maximum Gasteiger partial charge on any atom is 0.150 e. The van der Waals surface area contributed by atoms with Gasteiger partial charge in [0.25, 0.3) is 0 Å². The van der Waals surface area contributed by atoms with Crippen LogP contribution in [0.1, 0.15) is 56.5 Å². The van der Waals surface area contributed by atoms with Gasteiger partial charge in [0.15, 0.2) is 0 Å². The Bertz CT molecular complexity index is 1500. The van der Waals surface area contributed by atoms with Gasteiger partial charge in [-0.25, -0.2) is 9.97 Å². The minimum atomic E-state index is 0.146. The fourth-order valence-corrected chi connectivity index (χ4v) is 5.84. The topological polar surface area (TPSA) is 71.8 Å². The Labute approximate surface area is 212 Å². The van der Waals surface area contributed by atoms with E-state index in [1.807, 2.05) is 6.20 Å². The smallest absolute Gasteiger partial charge is 0.150 e. The van der Waals surface area contributed by atoms with E-state index < -0.39 is 0 Å². The first-order chi connectivity index (χ1) is 17.6. The molecule has 0 bridgehead atoms. The molecule has 2 aliphatic rings. The van der Waals surface area contributed by atoms with Gasteiger partial charge in [0.05, 0.1) is 11.4 Å². The van der Waals surface area contributed by atoms with Gasteiger partial charge in [-0.2, -0.15) is 0 Å². The number of aromatic nitrogens is 3. The van der Waals surface area contributed by atoms with Crippen LogP contribution in [0.25, 0.3) is 22.9 Å². The summed E-state index contributed by atoms with van der Waals surface area (Å²) >= 11 is 0. The normalized spacial score (nSPS) is 21.0. The number of rotatable bonds is 7. The summed E-state index contributed by atoms with van der Waals surface area (Å²) in [6, 6.07) is 17.2. The predicted octanol–water partition coefficient (Wildman–Crippen LogP) is 4.36. The standard InChI is InChI=1S/C30H34N6/c1-3-35(4-2)19-20-16-24(17-20)30-34-27(28-29(31)32-14-15-36(28)30)23-11-10-22-12-13-25(33-26(22)18-23)21-8-6-5-7-9-21/h5-12,14-15,18,20,24-25H,3-4,13,16-17,19H2,1-2H3,(H2,31,32)/t20-,24+,25?. The summed E-state index contributed by atoms with van der Waals surface area (Å²) in [6.07, 6.45) is 9.35. The minimum absolute atomic E-state index is 0.146. The number of fused-ring (bicyclic) bond motifs is 2. The number of nitrogens with zero attached hydrogens (tertiary/aromatic N) is 5. The maximum absolute atomic E-state index is 6.42. The quantitative estimate of drug-likeness (QED) is 0.428. The minimum Gasteiger partial charge on any atom is -0.382 e. The van der Waals surface area contributed by atoms with Crippen LogP contribution in [0.2, 0.25) is 0 Å². The monoisotopic (exact) mass is 478 g/mol. The number of nitrogens with two attached hydrogens (primary N) is 1. The van der Waals surface area contributed by atoms with Crippen LogP contribution in [0.5, 0.6) is 0 Å². The van der Waals surface area contributed by atoms with Crippen molar-refractivity contribution in [1.82, 2.24) is 19.3 Å². The lowest BCUT2D eigenvalue weighted by Crippen LogP contribution is -2.36.